The Labute approximate surface area is 143 Å². The smallest absolute Gasteiger partial charge is 0.364 e. The van der Waals surface area contributed by atoms with Crippen LogP contribution in [0.5, 0.6) is 0 Å². The molecule has 144 valence electrons. The second-order valence-corrected chi connectivity index (χ2v) is 5.70. The molecule has 1 aliphatic rings. The first-order valence-electron chi connectivity index (χ1n) is 7.45. The van der Waals surface area contributed by atoms with Crippen molar-refractivity contribution in [3.8, 4) is 0 Å². The van der Waals surface area contributed by atoms with Crippen LogP contribution in [0.15, 0.2) is 0 Å². The number of aliphatic carboxylic acids is 1. The summed E-state index contributed by atoms with van der Waals surface area (Å²) >= 11 is 0. The Hall–Kier alpha value is -1.79. The van der Waals surface area contributed by atoms with Crippen molar-refractivity contribution >= 4 is 17.8 Å². The fourth-order valence-electron chi connectivity index (χ4n) is 2.53. The molecule has 0 aromatic rings. The summed E-state index contributed by atoms with van der Waals surface area (Å²) < 4.78 is 14.7. The van der Waals surface area contributed by atoms with Gasteiger partial charge in [0.1, 0.15) is 24.9 Å². The number of rotatable bonds is 7. The summed E-state index contributed by atoms with van der Waals surface area (Å²) in [6.45, 7) is 1.66. The van der Waals surface area contributed by atoms with Crippen LogP contribution in [0, 0.1) is 0 Å². The second-order valence-electron chi connectivity index (χ2n) is 5.70. The Morgan fingerprint density at radius 2 is 1.92 bits per heavy atom. The Morgan fingerprint density at radius 1 is 1.32 bits per heavy atom. The number of ether oxygens (including phenoxy) is 3. The number of aliphatic hydroxyl groups is 3. The highest BCUT2D eigenvalue weighted by Gasteiger charge is 2.55. The average molecular weight is 365 g/mol. The van der Waals surface area contributed by atoms with Crippen molar-refractivity contribution in [2.45, 2.75) is 56.5 Å². The van der Waals surface area contributed by atoms with E-state index < -0.39 is 67.1 Å². The number of amides is 1. The number of methoxy groups -OCH3 is 1. The van der Waals surface area contributed by atoms with Crippen LogP contribution in [-0.2, 0) is 28.6 Å². The Bertz CT molecular complexity index is 512. The fraction of sp³-hybridized carbons (Fsp3) is 0.786. The van der Waals surface area contributed by atoms with E-state index >= 15 is 0 Å². The minimum Gasteiger partial charge on any atom is -0.477 e. The first-order valence-corrected chi connectivity index (χ1v) is 7.45. The molecular weight excluding hydrogens is 342 g/mol. The zero-order chi connectivity index (χ0) is 19.4. The van der Waals surface area contributed by atoms with Gasteiger partial charge in [0.2, 0.25) is 5.91 Å². The van der Waals surface area contributed by atoms with Gasteiger partial charge in [-0.25, -0.2) is 4.79 Å². The highest BCUT2D eigenvalue weighted by Crippen LogP contribution is 2.33. The molecule has 5 N–H and O–H groups in total. The number of carbonyl (C=O) groups is 3. The maximum atomic E-state index is 11.5. The van der Waals surface area contributed by atoms with Gasteiger partial charge in [-0.1, -0.05) is 0 Å². The highest BCUT2D eigenvalue weighted by atomic mass is 16.7. The molecule has 0 bridgehead atoms. The first kappa shape index (κ1) is 21.3. The predicted molar refractivity (Wildman–Crippen MR) is 79.1 cm³/mol. The van der Waals surface area contributed by atoms with Crippen molar-refractivity contribution in [1.82, 2.24) is 5.32 Å². The summed E-state index contributed by atoms with van der Waals surface area (Å²) in [5, 5.41) is 42.1. The summed E-state index contributed by atoms with van der Waals surface area (Å²) in [7, 11) is 1.04. The highest BCUT2D eigenvalue weighted by molar-refractivity contribution is 5.76. The number of esters is 1. The van der Waals surface area contributed by atoms with Gasteiger partial charge in [-0.05, 0) is 0 Å². The SMILES string of the molecule is CO[C@@]1(C(=O)O)CC(O)[C@@H](NC(C)=O)C([C@H](O)[C@H](O)COC(C)=O)O1. The summed E-state index contributed by atoms with van der Waals surface area (Å²) in [6.07, 6.45) is -6.96. The van der Waals surface area contributed by atoms with E-state index in [2.05, 4.69) is 10.1 Å². The van der Waals surface area contributed by atoms with E-state index in [4.69, 9.17) is 9.47 Å². The third-order valence-electron chi connectivity index (χ3n) is 3.79. The lowest BCUT2D eigenvalue weighted by molar-refractivity contribution is -0.303. The first-order chi connectivity index (χ1) is 11.5. The number of aliphatic hydroxyl groups excluding tert-OH is 3. The summed E-state index contributed by atoms with van der Waals surface area (Å²) in [6, 6.07) is -1.22. The van der Waals surface area contributed by atoms with Crippen LogP contribution in [0.3, 0.4) is 0 Å². The maximum Gasteiger partial charge on any atom is 0.364 e. The Kier molecular flexibility index (Phi) is 7.26. The van der Waals surface area contributed by atoms with Crippen molar-refractivity contribution in [2.75, 3.05) is 13.7 Å². The number of carboxylic acid groups (broad SMARTS) is 1. The lowest BCUT2D eigenvalue weighted by Gasteiger charge is -2.46. The summed E-state index contributed by atoms with van der Waals surface area (Å²) in [5.41, 5.74) is 0. The van der Waals surface area contributed by atoms with Crippen molar-refractivity contribution < 1.29 is 49.0 Å². The molecule has 25 heavy (non-hydrogen) atoms. The number of carboxylic acids is 1. The molecule has 11 nitrogen and oxygen atoms in total. The van der Waals surface area contributed by atoms with Crippen molar-refractivity contribution in [1.29, 1.82) is 0 Å². The van der Waals surface area contributed by atoms with Gasteiger partial charge in [-0.2, -0.15) is 0 Å². The van der Waals surface area contributed by atoms with Crippen molar-refractivity contribution in [3.63, 3.8) is 0 Å². The van der Waals surface area contributed by atoms with Crippen LogP contribution >= 0.6 is 0 Å². The Balaban J connectivity index is 3.09. The molecule has 0 aliphatic carbocycles. The molecule has 0 aromatic heterocycles. The van der Waals surface area contributed by atoms with Gasteiger partial charge in [0, 0.05) is 27.4 Å². The minimum atomic E-state index is -2.28. The third-order valence-corrected chi connectivity index (χ3v) is 3.79. The standard InChI is InChI=1S/C14H23NO10/c1-6(16)15-10-8(18)4-14(23-3,13(21)22)25-12(10)11(20)9(19)5-24-7(2)17/h8-12,18-20H,4-5H2,1-3H3,(H,15,16)(H,21,22)/t8?,9-,10-,11-,12?,14+/m1/s1. The molecule has 1 amide bonds. The Morgan fingerprint density at radius 3 is 2.36 bits per heavy atom. The molecule has 11 heteroatoms. The van der Waals surface area contributed by atoms with Crippen LogP contribution in [0.4, 0.5) is 0 Å². The molecule has 0 radical (unpaired) electrons. The van der Waals surface area contributed by atoms with Crippen LogP contribution in [0.25, 0.3) is 0 Å². The number of hydrogen-bond acceptors (Lipinski definition) is 9. The van der Waals surface area contributed by atoms with Gasteiger partial charge in [0.25, 0.3) is 5.79 Å². The monoisotopic (exact) mass is 365 g/mol. The lowest BCUT2D eigenvalue weighted by atomic mass is 9.88. The number of hydrogen-bond donors (Lipinski definition) is 5. The van der Waals surface area contributed by atoms with E-state index in [-0.39, 0.29) is 0 Å². The van der Waals surface area contributed by atoms with E-state index in [9.17, 15) is 34.8 Å². The minimum absolute atomic E-state index is 0.521. The van der Waals surface area contributed by atoms with Crippen LogP contribution in [0.2, 0.25) is 0 Å². The molecule has 0 spiro atoms. The molecule has 0 aromatic carbocycles. The number of carbonyl (C=O) groups excluding carboxylic acids is 2. The lowest BCUT2D eigenvalue weighted by Crippen LogP contribution is -2.67. The van der Waals surface area contributed by atoms with Gasteiger partial charge < -0.3 is 40.0 Å². The molecule has 6 atom stereocenters. The predicted octanol–water partition coefficient (Wildman–Crippen LogP) is -2.65. The van der Waals surface area contributed by atoms with Gasteiger partial charge in [0.05, 0.1) is 12.1 Å². The van der Waals surface area contributed by atoms with Crippen LogP contribution in [-0.4, -0.2) is 88.2 Å². The molecular formula is C14H23NO10. The molecule has 0 saturated carbocycles. The summed E-state index contributed by atoms with van der Waals surface area (Å²) in [4.78, 5) is 33.6. The largest absolute Gasteiger partial charge is 0.477 e. The van der Waals surface area contributed by atoms with Crippen molar-refractivity contribution in [3.05, 3.63) is 0 Å². The van der Waals surface area contributed by atoms with Crippen LogP contribution < -0.4 is 5.32 Å². The van der Waals surface area contributed by atoms with E-state index in [1.807, 2.05) is 0 Å². The maximum absolute atomic E-state index is 11.5. The van der Waals surface area contributed by atoms with Crippen LogP contribution in [0.1, 0.15) is 20.3 Å². The fourth-order valence-corrected chi connectivity index (χ4v) is 2.53. The average Bonchev–Trinajstić information content (AvgIpc) is 2.52. The topological polar surface area (TPSA) is 172 Å². The van der Waals surface area contributed by atoms with E-state index in [0.29, 0.717) is 0 Å². The molecule has 1 saturated heterocycles. The number of nitrogens with one attached hydrogen (secondary N) is 1. The second kappa shape index (κ2) is 8.54. The molecule has 2 unspecified atom stereocenters. The van der Waals surface area contributed by atoms with Crippen molar-refractivity contribution in [2.24, 2.45) is 0 Å². The zero-order valence-electron chi connectivity index (χ0n) is 14.0. The van der Waals surface area contributed by atoms with Gasteiger partial charge in [-0.15, -0.1) is 0 Å². The summed E-state index contributed by atoms with van der Waals surface area (Å²) in [5.74, 6) is -5.10. The molecule has 1 aliphatic heterocycles. The van der Waals surface area contributed by atoms with Gasteiger partial charge in [-0.3, -0.25) is 9.59 Å². The van der Waals surface area contributed by atoms with Gasteiger partial charge in [0.15, 0.2) is 0 Å². The van der Waals surface area contributed by atoms with E-state index in [1.165, 1.54) is 0 Å². The van der Waals surface area contributed by atoms with E-state index in [1.54, 1.807) is 0 Å². The molecule has 1 fully saturated rings. The van der Waals surface area contributed by atoms with Gasteiger partial charge >= 0.3 is 11.9 Å². The zero-order valence-corrected chi connectivity index (χ0v) is 14.0. The molecule has 1 heterocycles. The third kappa shape index (κ3) is 5.09. The van der Waals surface area contributed by atoms with E-state index in [0.717, 1.165) is 21.0 Å². The molecule has 1 rings (SSSR count). The quantitative estimate of drug-likeness (QED) is 0.300. The normalized spacial score (nSPS) is 31.7.